The van der Waals surface area contributed by atoms with Crippen LogP contribution in [0.2, 0.25) is 0 Å². The van der Waals surface area contributed by atoms with Crippen LogP contribution in [0.15, 0.2) is 5.03 Å². The lowest BCUT2D eigenvalue weighted by Gasteiger charge is -2.20. The first-order valence-corrected chi connectivity index (χ1v) is 6.07. The molecule has 1 aromatic heterocycles. The fourth-order valence-corrected chi connectivity index (χ4v) is 2.46. The van der Waals surface area contributed by atoms with Crippen LogP contribution in [0.5, 0.6) is 0 Å². The molecule has 0 saturated carbocycles. The fourth-order valence-electron chi connectivity index (χ4n) is 1.28. The third-order valence-electron chi connectivity index (χ3n) is 1.98. The summed E-state index contributed by atoms with van der Waals surface area (Å²) < 4.78 is 2.17. The molecule has 15 heavy (non-hydrogen) atoms. The highest BCUT2D eigenvalue weighted by molar-refractivity contribution is 8.00. The number of hydrogen-bond acceptors (Lipinski definition) is 3. The summed E-state index contributed by atoms with van der Waals surface area (Å²) in [4.78, 5) is 0. The molecule has 1 heterocycles. The Kier molecular flexibility index (Phi) is 3.38. The predicted octanol–water partition coefficient (Wildman–Crippen LogP) is 3.25. The summed E-state index contributed by atoms with van der Waals surface area (Å²) >= 11 is 1.78. The van der Waals surface area contributed by atoms with Crippen LogP contribution >= 0.6 is 11.8 Å². The van der Waals surface area contributed by atoms with Crippen LogP contribution in [-0.2, 0) is 0 Å². The Labute approximate surface area is 96.4 Å². The van der Waals surface area contributed by atoms with Gasteiger partial charge in [-0.05, 0) is 20.8 Å². The van der Waals surface area contributed by atoms with Crippen LogP contribution in [0.25, 0.3) is 0 Å². The maximum Gasteiger partial charge on any atom is 0.118 e. The highest BCUT2D eigenvalue weighted by atomic mass is 32.2. The summed E-state index contributed by atoms with van der Waals surface area (Å²) in [6.07, 6.45) is 0. The molecule has 4 heteroatoms. The minimum absolute atomic E-state index is 0.160. The van der Waals surface area contributed by atoms with E-state index in [0.717, 1.165) is 16.4 Å². The predicted molar refractivity (Wildman–Crippen MR) is 67.4 cm³/mol. The van der Waals surface area contributed by atoms with Gasteiger partial charge in [0.25, 0.3) is 0 Å². The number of rotatable bonds is 2. The van der Waals surface area contributed by atoms with E-state index in [9.17, 15) is 0 Å². The number of anilines is 1. The van der Waals surface area contributed by atoms with Gasteiger partial charge in [0.1, 0.15) is 5.03 Å². The molecule has 0 spiro atoms. The quantitative estimate of drug-likeness (QED) is 0.789. The molecule has 86 valence electrons. The van der Waals surface area contributed by atoms with E-state index >= 15 is 0 Å². The average molecular weight is 227 g/mol. The lowest BCUT2D eigenvalue weighted by atomic mass is 10.3. The van der Waals surface area contributed by atoms with Gasteiger partial charge in [0.05, 0.1) is 11.4 Å². The van der Waals surface area contributed by atoms with Gasteiger partial charge in [0.15, 0.2) is 0 Å². The number of nitrogens with zero attached hydrogens (tertiary/aromatic N) is 2. The monoisotopic (exact) mass is 227 g/mol. The van der Waals surface area contributed by atoms with Gasteiger partial charge in [-0.2, -0.15) is 5.10 Å². The third-order valence-corrected chi connectivity index (χ3v) is 3.19. The molecule has 0 bridgehead atoms. The lowest BCUT2D eigenvalue weighted by Crippen LogP contribution is -2.12. The Hall–Kier alpha value is -0.640. The van der Waals surface area contributed by atoms with Gasteiger partial charge < -0.3 is 5.73 Å². The van der Waals surface area contributed by atoms with Crippen LogP contribution in [0.4, 0.5) is 5.69 Å². The second-order valence-electron chi connectivity index (χ2n) is 5.06. The van der Waals surface area contributed by atoms with E-state index in [1.54, 1.807) is 11.8 Å². The van der Waals surface area contributed by atoms with Crippen molar-refractivity contribution in [3.8, 4) is 0 Å². The smallest absolute Gasteiger partial charge is 0.118 e. The maximum atomic E-state index is 6.04. The number of aromatic nitrogens is 2. The summed E-state index contributed by atoms with van der Waals surface area (Å²) in [5.41, 5.74) is 7.79. The van der Waals surface area contributed by atoms with Crippen molar-refractivity contribution in [1.29, 1.82) is 0 Å². The van der Waals surface area contributed by atoms with Crippen LogP contribution < -0.4 is 5.73 Å². The van der Waals surface area contributed by atoms with Gasteiger partial charge in [-0.3, -0.25) is 4.68 Å². The molecule has 0 saturated heterocycles. The Morgan fingerprint density at radius 1 is 1.33 bits per heavy atom. The van der Waals surface area contributed by atoms with E-state index in [4.69, 9.17) is 5.73 Å². The standard InChI is InChI=1S/C11H21N3S/c1-7(2)14-10(15-11(4,5)6)9(12)8(3)13-14/h7H,12H2,1-6H3. The topological polar surface area (TPSA) is 43.8 Å². The molecule has 3 nitrogen and oxygen atoms in total. The molecule has 0 aliphatic heterocycles. The minimum atomic E-state index is 0.160. The van der Waals surface area contributed by atoms with Crippen LogP contribution in [-0.4, -0.2) is 14.5 Å². The maximum absolute atomic E-state index is 6.04. The lowest BCUT2D eigenvalue weighted by molar-refractivity contribution is 0.490. The van der Waals surface area contributed by atoms with Crippen molar-refractivity contribution in [1.82, 2.24) is 9.78 Å². The third kappa shape index (κ3) is 2.91. The Morgan fingerprint density at radius 3 is 2.27 bits per heavy atom. The average Bonchev–Trinajstić information content (AvgIpc) is 2.30. The van der Waals surface area contributed by atoms with Crippen LogP contribution in [0.3, 0.4) is 0 Å². The number of thioether (sulfide) groups is 1. The second kappa shape index (κ2) is 4.08. The molecule has 2 N–H and O–H groups in total. The summed E-state index contributed by atoms with van der Waals surface area (Å²) in [6.45, 7) is 12.8. The van der Waals surface area contributed by atoms with Crippen molar-refractivity contribution in [2.45, 2.75) is 57.4 Å². The molecule has 0 aromatic carbocycles. The van der Waals surface area contributed by atoms with Crippen molar-refractivity contribution in [3.63, 3.8) is 0 Å². The van der Waals surface area contributed by atoms with Gasteiger partial charge in [0.2, 0.25) is 0 Å². The fraction of sp³-hybridized carbons (Fsp3) is 0.727. The molecular formula is C11H21N3S. The van der Waals surface area contributed by atoms with E-state index in [0.29, 0.717) is 6.04 Å². The highest BCUT2D eigenvalue weighted by Gasteiger charge is 2.21. The Balaban J connectivity index is 3.14. The first kappa shape index (κ1) is 12.4. The van der Waals surface area contributed by atoms with Crippen molar-refractivity contribution in [2.24, 2.45) is 0 Å². The molecule has 1 aromatic rings. The van der Waals surface area contributed by atoms with E-state index < -0.39 is 0 Å². The summed E-state index contributed by atoms with van der Waals surface area (Å²) in [5.74, 6) is 0. The highest BCUT2D eigenvalue weighted by Crippen LogP contribution is 2.37. The molecule has 0 radical (unpaired) electrons. The van der Waals surface area contributed by atoms with Gasteiger partial charge >= 0.3 is 0 Å². The number of nitrogen functional groups attached to an aromatic ring is 1. The zero-order valence-corrected chi connectivity index (χ0v) is 11.3. The summed E-state index contributed by atoms with van der Waals surface area (Å²) in [5, 5.41) is 5.56. The van der Waals surface area contributed by atoms with Crippen molar-refractivity contribution >= 4 is 17.4 Å². The molecular weight excluding hydrogens is 206 g/mol. The van der Waals surface area contributed by atoms with Gasteiger partial charge in [0, 0.05) is 10.8 Å². The zero-order valence-electron chi connectivity index (χ0n) is 10.5. The first-order valence-electron chi connectivity index (χ1n) is 5.26. The molecule has 0 fully saturated rings. The molecule has 0 amide bonds. The molecule has 0 aliphatic carbocycles. The first-order chi connectivity index (χ1) is 6.72. The van der Waals surface area contributed by atoms with E-state index in [-0.39, 0.29) is 4.75 Å². The second-order valence-corrected chi connectivity index (χ2v) is 6.87. The minimum Gasteiger partial charge on any atom is -0.395 e. The Morgan fingerprint density at radius 2 is 1.87 bits per heavy atom. The molecule has 0 atom stereocenters. The van der Waals surface area contributed by atoms with E-state index in [1.165, 1.54) is 0 Å². The largest absolute Gasteiger partial charge is 0.395 e. The zero-order chi connectivity index (χ0) is 11.8. The van der Waals surface area contributed by atoms with Crippen LogP contribution in [0, 0.1) is 6.92 Å². The molecule has 1 rings (SSSR count). The van der Waals surface area contributed by atoms with Gasteiger partial charge in [-0.25, -0.2) is 0 Å². The number of hydrogen-bond donors (Lipinski definition) is 1. The van der Waals surface area contributed by atoms with Crippen molar-refractivity contribution in [2.75, 3.05) is 5.73 Å². The number of aryl methyl sites for hydroxylation is 1. The molecule has 0 unspecified atom stereocenters. The van der Waals surface area contributed by atoms with Gasteiger partial charge in [-0.1, -0.05) is 32.5 Å². The Bertz CT molecular complexity index is 347. The van der Waals surface area contributed by atoms with E-state index in [1.807, 2.05) is 11.6 Å². The van der Waals surface area contributed by atoms with Gasteiger partial charge in [-0.15, -0.1) is 0 Å². The van der Waals surface area contributed by atoms with Crippen molar-refractivity contribution < 1.29 is 0 Å². The van der Waals surface area contributed by atoms with Crippen LogP contribution in [0.1, 0.15) is 46.4 Å². The summed E-state index contributed by atoms with van der Waals surface area (Å²) in [6, 6.07) is 0.353. The number of nitrogens with two attached hydrogens (primary N) is 1. The summed E-state index contributed by atoms with van der Waals surface area (Å²) in [7, 11) is 0. The SMILES string of the molecule is Cc1nn(C(C)C)c(SC(C)(C)C)c1N. The van der Waals surface area contributed by atoms with Crippen molar-refractivity contribution in [3.05, 3.63) is 5.69 Å². The normalized spacial score (nSPS) is 12.5. The van der Waals surface area contributed by atoms with E-state index in [2.05, 4.69) is 39.7 Å². The molecule has 0 aliphatic rings.